The number of allylic oxidation sites excluding steroid dienone is 2. The molecule has 225 valence electrons. The van der Waals surface area contributed by atoms with Crippen LogP contribution in [0, 0.1) is 0 Å². The molecule has 3 unspecified atom stereocenters. The van der Waals surface area contributed by atoms with Gasteiger partial charge in [0.2, 0.25) is 0 Å². The molecular weight excluding hydrogens is 683 g/mol. The van der Waals surface area contributed by atoms with Crippen LogP contribution in [-0.4, -0.2) is 5.92 Å². The van der Waals surface area contributed by atoms with Crippen LogP contribution in [0.25, 0.3) is 34.4 Å². The third-order valence-corrected chi connectivity index (χ3v) is 57.7. The summed E-state index contributed by atoms with van der Waals surface area (Å²) in [6.07, 6.45) is 6.78. The summed E-state index contributed by atoms with van der Waals surface area (Å²) < 4.78 is 0.0955. The van der Waals surface area contributed by atoms with E-state index in [-0.39, 0.29) is 7.25 Å². The molecule has 0 spiro atoms. The van der Waals surface area contributed by atoms with Crippen molar-refractivity contribution in [2.45, 2.75) is 40.5 Å². The van der Waals surface area contributed by atoms with Crippen molar-refractivity contribution in [2.75, 3.05) is 0 Å². The number of benzene rings is 5. The fourth-order valence-electron chi connectivity index (χ4n) is 8.31. The molecule has 0 aromatic heterocycles. The summed E-state index contributed by atoms with van der Waals surface area (Å²) in [5.74, 6) is -1.95. The van der Waals surface area contributed by atoms with Crippen LogP contribution in [0.15, 0.2) is 139 Å². The van der Waals surface area contributed by atoms with Crippen LogP contribution in [0.2, 0.25) is 6.55 Å². The normalized spacial score (nSPS) is 18.7. The zero-order valence-corrected chi connectivity index (χ0v) is 31.3. The first kappa shape index (κ1) is 30.9. The second-order valence-corrected chi connectivity index (χ2v) is 52.9. The predicted octanol–water partition coefficient (Wildman–Crippen LogP) is 11.7. The zero-order valence-electron chi connectivity index (χ0n) is 26.2. The predicted molar refractivity (Wildman–Crippen MR) is 197 cm³/mol. The Labute approximate surface area is 277 Å². The Kier molecular flexibility index (Phi) is 8.32. The molecule has 4 heteroatoms. The van der Waals surface area contributed by atoms with E-state index in [4.69, 9.17) is 17.0 Å². The first-order valence-corrected chi connectivity index (χ1v) is 32.0. The van der Waals surface area contributed by atoms with Crippen molar-refractivity contribution in [3.8, 4) is 22.3 Å². The molecule has 0 bridgehead atoms. The van der Waals surface area contributed by atoms with Crippen LogP contribution in [0.5, 0.6) is 0 Å². The molecule has 3 atom stereocenters. The number of fused-ring (bicyclic) bond motifs is 2. The zero-order chi connectivity index (χ0) is 31.2. The molecule has 0 N–H and O–H groups in total. The van der Waals surface area contributed by atoms with Gasteiger partial charge in [0.25, 0.3) is 0 Å². The van der Waals surface area contributed by atoms with Crippen LogP contribution in [0.3, 0.4) is 0 Å². The summed E-state index contributed by atoms with van der Waals surface area (Å²) in [6, 6.07) is 46.2. The van der Waals surface area contributed by atoms with E-state index in [0.29, 0.717) is 0 Å². The maximum absolute atomic E-state index is 8.85. The van der Waals surface area contributed by atoms with Gasteiger partial charge in [-0.3, -0.25) is 0 Å². The van der Waals surface area contributed by atoms with Crippen molar-refractivity contribution >= 4 is 40.3 Å². The molecule has 0 saturated heterocycles. The molecule has 0 nitrogen and oxygen atoms in total. The van der Waals surface area contributed by atoms with Gasteiger partial charge in [-0.05, 0) is 0 Å². The van der Waals surface area contributed by atoms with Crippen LogP contribution in [0.1, 0.15) is 56.2 Å². The fraction of sp³-hybridized carbons (Fsp3) is 0.171. The van der Waals surface area contributed by atoms with E-state index in [0.717, 1.165) is 12.8 Å². The number of halogens is 2. The second kappa shape index (κ2) is 12.1. The summed E-state index contributed by atoms with van der Waals surface area (Å²) in [6.45, 7) is 7.05. The summed E-state index contributed by atoms with van der Waals surface area (Å²) in [5.41, 5.74) is 13.1. The molecule has 0 radical (unpaired) electrons. The second-order valence-electron chi connectivity index (χ2n) is 12.7. The van der Waals surface area contributed by atoms with E-state index >= 15 is 0 Å². The Bertz CT molecular complexity index is 1810. The van der Waals surface area contributed by atoms with Crippen molar-refractivity contribution in [1.29, 1.82) is 0 Å². The van der Waals surface area contributed by atoms with Crippen LogP contribution in [-0.2, 0) is 15.6 Å². The van der Waals surface area contributed by atoms with E-state index in [1.165, 1.54) is 60.8 Å². The Hall–Kier alpha value is -2.74. The monoisotopic (exact) mass is 719 g/mol. The molecule has 45 heavy (non-hydrogen) atoms. The molecule has 0 saturated carbocycles. The Balaban J connectivity index is 1.51. The van der Waals surface area contributed by atoms with Crippen molar-refractivity contribution in [2.24, 2.45) is 0 Å². The SMILES string of the molecule is CCC1=Cc2c(-c3ccccc3)cccc2[CH]1[Zr]([Cl])([Cl])([CH]1C(CC)=Cc2c(-c3ccccc3)cccc21)[SiH](C)c1ccccc1. The van der Waals surface area contributed by atoms with E-state index in [1.54, 1.807) is 0 Å². The summed E-state index contributed by atoms with van der Waals surface area (Å²) in [4.78, 5) is 0. The van der Waals surface area contributed by atoms with Crippen LogP contribution >= 0.6 is 17.0 Å². The number of rotatable bonds is 8. The van der Waals surface area contributed by atoms with Crippen LogP contribution in [0.4, 0.5) is 0 Å². The summed E-state index contributed by atoms with van der Waals surface area (Å²) >= 11 is -5.05. The van der Waals surface area contributed by atoms with Crippen molar-refractivity contribution < 1.29 is 15.6 Å². The summed E-state index contributed by atoms with van der Waals surface area (Å²) in [7, 11) is 17.7. The first-order valence-electron chi connectivity index (χ1n) is 16.3. The molecule has 0 heterocycles. The molecule has 0 aliphatic heterocycles. The van der Waals surface area contributed by atoms with Gasteiger partial charge in [0.05, 0.1) is 0 Å². The topological polar surface area (TPSA) is 0 Å². The third kappa shape index (κ3) is 4.96. The molecule has 2 aliphatic rings. The fourth-order valence-corrected chi connectivity index (χ4v) is 49.3. The van der Waals surface area contributed by atoms with Crippen LogP contribution < -0.4 is 5.19 Å². The van der Waals surface area contributed by atoms with Gasteiger partial charge in [-0.15, -0.1) is 0 Å². The molecule has 5 aromatic carbocycles. The average Bonchev–Trinajstić information content (AvgIpc) is 3.69. The van der Waals surface area contributed by atoms with Crippen molar-refractivity contribution in [1.82, 2.24) is 0 Å². The van der Waals surface area contributed by atoms with Gasteiger partial charge in [-0.1, -0.05) is 0 Å². The quantitative estimate of drug-likeness (QED) is 0.140. The molecule has 0 amide bonds. The third-order valence-electron chi connectivity index (χ3n) is 10.5. The van der Waals surface area contributed by atoms with Gasteiger partial charge < -0.3 is 0 Å². The Morgan fingerprint density at radius 3 is 1.33 bits per heavy atom. The van der Waals surface area contributed by atoms with E-state index < -0.39 is 21.5 Å². The number of hydrogen-bond acceptors (Lipinski definition) is 0. The molecule has 5 aromatic rings. The number of hydrogen-bond donors (Lipinski definition) is 0. The molecule has 2 aliphatic carbocycles. The average molecular weight is 722 g/mol. The molecule has 0 fully saturated rings. The van der Waals surface area contributed by atoms with E-state index in [2.05, 4.69) is 160 Å². The van der Waals surface area contributed by atoms with E-state index in [9.17, 15) is 0 Å². The van der Waals surface area contributed by atoms with Gasteiger partial charge in [0.1, 0.15) is 0 Å². The van der Waals surface area contributed by atoms with Gasteiger partial charge in [0.15, 0.2) is 0 Å². The summed E-state index contributed by atoms with van der Waals surface area (Å²) in [5, 5.41) is 1.37. The van der Waals surface area contributed by atoms with Gasteiger partial charge in [-0.2, -0.15) is 0 Å². The maximum atomic E-state index is 8.85. The van der Waals surface area contributed by atoms with Gasteiger partial charge in [-0.25, -0.2) is 0 Å². The minimum absolute atomic E-state index is 0.0478. The molecular formula is C41H39Cl2SiZr. The van der Waals surface area contributed by atoms with Gasteiger partial charge in [0, 0.05) is 0 Å². The first-order chi connectivity index (χ1) is 21.9. The standard InChI is InChI=1S/2C17H15.C7H9Si.2ClH.Zr/c2*1-2-13-11-15-9-6-10-16(17(15)12-13)14-7-4-3-5-8-14;1-8-7-5-3-2-4-6-7;;;/h2*3-12H,2H2,1H3;2-6,8H,1H3;2*1H;/q;;;;;+2/p-2. The van der Waals surface area contributed by atoms with Crippen molar-refractivity contribution in [3.05, 3.63) is 161 Å². The van der Waals surface area contributed by atoms with Gasteiger partial charge >= 0.3 is 279 Å². The minimum atomic E-state index is -5.05. The Morgan fingerprint density at radius 1 is 0.533 bits per heavy atom. The van der Waals surface area contributed by atoms with Crippen molar-refractivity contribution in [3.63, 3.8) is 0 Å². The Morgan fingerprint density at radius 2 is 0.933 bits per heavy atom. The van der Waals surface area contributed by atoms with E-state index in [1.807, 2.05) is 0 Å². The molecule has 7 rings (SSSR count).